The second-order valence-corrected chi connectivity index (χ2v) is 7.33. The Bertz CT molecular complexity index is 993. The lowest BCUT2D eigenvalue weighted by Crippen LogP contribution is -2.27. The predicted molar refractivity (Wildman–Crippen MR) is 103 cm³/mol. The zero-order valence-electron chi connectivity index (χ0n) is 15.9. The van der Waals surface area contributed by atoms with Crippen molar-refractivity contribution < 1.29 is 9.32 Å². The van der Waals surface area contributed by atoms with E-state index in [0.717, 1.165) is 16.7 Å². The summed E-state index contributed by atoms with van der Waals surface area (Å²) in [5, 5.41) is 4.15. The molecule has 1 amide bonds. The second kappa shape index (κ2) is 6.99. The van der Waals surface area contributed by atoms with E-state index in [2.05, 4.69) is 42.2 Å². The number of hydrogen-bond donors (Lipinski definition) is 0. The summed E-state index contributed by atoms with van der Waals surface area (Å²) in [5.74, 6) is 1.22. The molecule has 0 N–H and O–H groups in total. The van der Waals surface area contributed by atoms with Gasteiger partial charge in [0.2, 0.25) is 17.6 Å². The first-order valence-electron chi connectivity index (χ1n) is 9.27. The number of benzene rings is 2. The van der Waals surface area contributed by atoms with Crippen LogP contribution in [0.3, 0.4) is 0 Å². The van der Waals surface area contributed by atoms with E-state index in [9.17, 15) is 4.79 Å². The molecular weight excluding hydrogens is 338 g/mol. The van der Waals surface area contributed by atoms with E-state index < -0.39 is 0 Å². The van der Waals surface area contributed by atoms with E-state index in [0.29, 0.717) is 31.1 Å². The number of aryl methyl sites for hydroxylation is 3. The van der Waals surface area contributed by atoms with Gasteiger partial charge in [-0.05, 0) is 44.4 Å². The molecule has 0 spiro atoms. The molecule has 1 atom stereocenters. The van der Waals surface area contributed by atoms with Gasteiger partial charge in [0.1, 0.15) is 6.04 Å². The van der Waals surface area contributed by atoms with E-state index in [1.807, 2.05) is 36.1 Å². The SMILES string of the molecule is Cc1cccc(-c2noc(C3CCC(=O)N3Cc3cc(C)ccc3C)n2)c1. The lowest BCUT2D eigenvalue weighted by Gasteiger charge is -2.23. The molecule has 3 aromatic rings. The van der Waals surface area contributed by atoms with E-state index in [4.69, 9.17) is 4.52 Å². The summed E-state index contributed by atoms with van der Waals surface area (Å²) in [4.78, 5) is 19.0. The Morgan fingerprint density at radius 1 is 1.11 bits per heavy atom. The summed E-state index contributed by atoms with van der Waals surface area (Å²) in [6.07, 6.45) is 1.22. The van der Waals surface area contributed by atoms with E-state index in [1.165, 1.54) is 11.1 Å². The van der Waals surface area contributed by atoms with Crippen LogP contribution >= 0.6 is 0 Å². The van der Waals surface area contributed by atoms with Crippen molar-refractivity contribution in [3.05, 3.63) is 70.6 Å². The lowest BCUT2D eigenvalue weighted by atomic mass is 10.0. The van der Waals surface area contributed by atoms with Gasteiger partial charge in [0, 0.05) is 18.5 Å². The first-order chi connectivity index (χ1) is 13.0. The maximum Gasteiger partial charge on any atom is 0.249 e. The smallest absolute Gasteiger partial charge is 0.249 e. The van der Waals surface area contributed by atoms with Gasteiger partial charge in [-0.2, -0.15) is 4.98 Å². The first kappa shape index (κ1) is 17.5. The minimum atomic E-state index is -0.163. The molecule has 1 fully saturated rings. The number of likely N-dealkylation sites (tertiary alicyclic amines) is 1. The highest BCUT2D eigenvalue weighted by atomic mass is 16.5. The largest absolute Gasteiger partial charge is 0.337 e. The molecule has 1 aromatic heterocycles. The Labute approximate surface area is 159 Å². The molecule has 1 aliphatic rings. The van der Waals surface area contributed by atoms with Gasteiger partial charge in [0.25, 0.3) is 0 Å². The normalized spacial score (nSPS) is 16.9. The summed E-state index contributed by atoms with van der Waals surface area (Å²) in [5.41, 5.74) is 5.61. The maximum absolute atomic E-state index is 12.5. The fourth-order valence-electron chi connectivity index (χ4n) is 3.61. The quantitative estimate of drug-likeness (QED) is 0.685. The van der Waals surface area contributed by atoms with E-state index in [1.54, 1.807) is 0 Å². The third-order valence-corrected chi connectivity index (χ3v) is 5.18. The van der Waals surface area contributed by atoms with Crippen LogP contribution in [-0.2, 0) is 11.3 Å². The van der Waals surface area contributed by atoms with Gasteiger partial charge in [0.05, 0.1) is 0 Å². The average Bonchev–Trinajstić information content (AvgIpc) is 3.26. The summed E-state index contributed by atoms with van der Waals surface area (Å²) < 4.78 is 5.56. The van der Waals surface area contributed by atoms with Gasteiger partial charge in [-0.25, -0.2) is 0 Å². The highest BCUT2D eigenvalue weighted by Crippen LogP contribution is 2.34. The number of carbonyl (C=O) groups excluding carboxylic acids is 1. The summed E-state index contributed by atoms with van der Waals surface area (Å²) in [6, 6.07) is 14.2. The van der Waals surface area contributed by atoms with E-state index in [-0.39, 0.29) is 11.9 Å². The predicted octanol–water partition coefficient (Wildman–Crippen LogP) is 4.53. The van der Waals surface area contributed by atoms with Crippen molar-refractivity contribution >= 4 is 5.91 Å². The Balaban J connectivity index is 1.61. The molecular formula is C22H23N3O2. The highest BCUT2D eigenvalue weighted by molar-refractivity contribution is 5.79. The fraction of sp³-hybridized carbons (Fsp3) is 0.318. The molecule has 5 heteroatoms. The highest BCUT2D eigenvalue weighted by Gasteiger charge is 2.36. The molecule has 0 aliphatic carbocycles. The third-order valence-electron chi connectivity index (χ3n) is 5.18. The molecule has 5 nitrogen and oxygen atoms in total. The van der Waals surface area contributed by atoms with Crippen LogP contribution in [0.2, 0.25) is 0 Å². The molecule has 2 heterocycles. The minimum Gasteiger partial charge on any atom is -0.337 e. The summed E-state index contributed by atoms with van der Waals surface area (Å²) in [6.45, 7) is 6.75. The van der Waals surface area contributed by atoms with Crippen molar-refractivity contribution in [3.8, 4) is 11.4 Å². The van der Waals surface area contributed by atoms with E-state index >= 15 is 0 Å². The van der Waals surface area contributed by atoms with Gasteiger partial charge >= 0.3 is 0 Å². The van der Waals surface area contributed by atoms with Crippen molar-refractivity contribution in [2.75, 3.05) is 0 Å². The molecule has 0 saturated carbocycles. The minimum absolute atomic E-state index is 0.135. The molecule has 27 heavy (non-hydrogen) atoms. The Morgan fingerprint density at radius 3 is 2.74 bits per heavy atom. The standard InChI is InChI=1S/C22H23N3O2/c1-14-5-4-6-17(11-14)21-23-22(27-24-21)19-9-10-20(26)25(19)13-18-12-15(2)7-8-16(18)3/h4-8,11-12,19H,9-10,13H2,1-3H3. The Morgan fingerprint density at radius 2 is 1.93 bits per heavy atom. The molecule has 1 saturated heterocycles. The van der Waals surface area contributed by atoms with Crippen LogP contribution in [0.25, 0.3) is 11.4 Å². The molecule has 0 bridgehead atoms. The Kier molecular flexibility index (Phi) is 4.52. The van der Waals surface area contributed by atoms with Crippen LogP contribution in [0.4, 0.5) is 0 Å². The summed E-state index contributed by atoms with van der Waals surface area (Å²) >= 11 is 0. The number of carbonyl (C=O) groups is 1. The van der Waals surface area contributed by atoms with Crippen LogP contribution in [0.5, 0.6) is 0 Å². The number of hydrogen-bond acceptors (Lipinski definition) is 4. The van der Waals surface area contributed by atoms with Crippen molar-refractivity contribution in [2.24, 2.45) is 0 Å². The molecule has 138 valence electrons. The number of nitrogens with zero attached hydrogens (tertiary/aromatic N) is 3. The van der Waals surface area contributed by atoms with Crippen molar-refractivity contribution in [1.82, 2.24) is 15.0 Å². The van der Waals surface area contributed by atoms with Crippen LogP contribution in [0.15, 0.2) is 47.0 Å². The monoisotopic (exact) mass is 361 g/mol. The maximum atomic E-state index is 12.5. The third kappa shape index (κ3) is 3.50. The number of amides is 1. The van der Waals surface area contributed by atoms with Crippen molar-refractivity contribution in [2.45, 2.75) is 46.2 Å². The average molecular weight is 361 g/mol. The summed E-state index contributed by atoms with van der Waals surface area (Å²) in [7, 11) is 0. The van der Waals surface area contributed by atoms with Crippen LogP contribution in [0, 0.1) is 20.8 Å². The number of aromatic nitrogens is 2. The molecule has 1 aliphatic heterocycles. The van der Waals surface area contributed by atoms with Gasteiger partial charge < -0.3 is 9.42 Å². The zero-order valence-corrected chi connectivity index (χ0v) is 15.9. The molecule has 4 rings (SSSR count). The fourth-order valence-corrected chi connectivity index (χ4v) is 3.61. The Hall–Kier alpha value is -2.95. The van der Waals surface area contributed by atoms with Crippen molar-refractivity contribution in [3.63, 3.8) is 0 Å². The van der Waals surface area contributed by atoms with Gasteiger partial charge in [0.15, 0.2) is 0 Å². The van der Waals surface area contributed by atoms with Crippen LogP contribution in [0.1, 0.15) is 47.0 Å². The second-order valence-electron chi connectivity index (χ2n) is 7.33. The van der Waals surface area contributed by atoms with Gasteiger partial charge in [-0.3, -0.25) is 4.79 Å². The van der Waals surface area contributed by atoms with Crippen LogP contribution < -0.4 is 0 Å². The molecule has 1 unspecified atom stereocenters. The van der Waals surface area contributed by atoms with Gasteiger partial charge in [-0.15, -0.1) is 0 Å². The molecule has 0 radical (unpaired) electrons. The van der Waals surface area contributed by atoms with Crippen molar-refractivity contribution in [1.29, 1.82) is 0 Å². The zero-order chi connectivity index (χ0) is 19.0. The van der Waals surface area contributed by atoms with Crippen LogP contribution in [-0.4, -0.2) is 20.9 Å². The lowest BCUT2D eigenvalue weighted by molar-refractivity contribution is -0.130. The number of rotatable bonds is 4. The van der Waals surface area contributed by atoms with Gasteiger partial charge in [-0.1, -0.05) is 52.7 Å². The first-order valence-corrected chi connectivity index (χ1v) is 9.27. The topological polar surface area (TPSA) is 59.2 Å². The molecule has 2 aromatic carbocycles.